The lowest BCUT2D eigenvalue weighted by Crippen LogP contribution is -2.55. The summed E-state index contributed by atoms with van der Waals surface area (Å²) in [5, 5.41) is 5.07. The number of carbonyl (C=O) groups is 2. The van der Waals surface area contributed by atoms with Gasteiger partial charge < -0.3 is 15.4 Å². The lowest BCUT2D eigenvalue weighted by atomic mass is 10.1. The monoisotopic (exact) mass is 280 g/mol. The van der Waals surface area contributed by atoms with Crippen LogP contribution in [0.3, 0.4) is 0 Å². The molecule has 0 saturated carbocycles. The van der Waals surface area contributed by atoms with E-state index < -0.39 is 18.3 Å². The van der Waals surface area contributed by atoms with Gasteiger partial charge in [0, 0.05) is 0 Å². The molecule has 0 heterocycles. The zero-order valence-corrected chi connectivity index (χ0v) is 11.6. The van der Waals surface area contributed by atoms with E-state index in [2.05, 4.69) is 10.6 Å². The molecule has 1 aromatic rings. The number of amides is 3. The van der Waals surface area contributed by atoms with Gasteiger partial charge in [0.1, 0.15) is 12.8 Å². The number of rotatable bonds is 5. The van der Waals surface area contributed by atoms with Gasteiger partial charge in [-0.2, -0.15) is 0 Å². The van der Waals surface area contributed by atoms with Crippen molar-refractivity contribution in [1.82, 2.24) is 16.1 Å². The normalized spacial score (nSPS) is 11.6. The average Bonchev–Trinajstić information content (AvgIpc) is 2.45. The molecular weight excluding hydrogens is 260 g/mol. The van der Waals surface area contributed by atoms with Crippen molar-refractivity contribution in [3.63, 3.8) is 0 Å². The zero-order valence-electron chi connectivity index (χ0n) is 11.6. The van der Waals surface area contributed by atoms with Crippen LogP contribution < -0.4 is 21.9 Å². The van der Waals surface area contributed by atoms with Gasteiger partial charge in [0.25, 0.3) is 0 Å². The highest BCUT2D eigenvalue weighted by Gasteiger charge is 2.18. The summed E-state index contributed by atoms with van der Waals surface area (Å²) in [5.74, 6) is 4.96. The summed E-state index contributed by atoms with van der Waals surface area (Å²) in [6.45, 7) is 3.86. The van der Waals surface area contributed by atoms with E-state index in [0.717, 1.165) is 5.56 Å². The number of hydrogen-bond acceptors (Lipinski definition) is 4. The Bertz CT molecular complexity index is 437. The van der Waals surface area contributed by atoms with Crippen molar-refractivity contribution in [2.24, 2.45) is 11.8 Å². The second-order valence-electron chi connectivity index (χ2n) is 4.55. The van der Waals surface area contributed by atoms with Crippen LogP contribution in [0.2, 0.25) is 0 Å². The molecule has 1 aromatic carbocycles. The van der Waals surface area contributed by atoms with Gasteiger partial charge >= 0.3 is 12.1 Å². The van der Waals surface area contributed by atoms with Crippen LogP contribution >= 0.6 is 0 Å². The Morgan fingerprint density at radius 2 is 1.85 bits per heavy atom. The molecule has 0 unspecified atom stereocenters. The molecule has 0 radical (unpaired) electrons. The minimum absolute atomic E-state index is 0.0171. The molecule has 0 spiro atoms. The number of urea groups is 1. The quantitative estimate of drug-likeness (QED) is 0.280. The number of nitrogens with two attached hydrogens (primary N) is 1. The third-order valence-corrected chi connectivity index (χ3v) is 2.57. The van der Waals surface area contributed by atoms with Crippen LogP contribution in [0.1, 0.15) is 19.4 Å². The summed E-state index contributed by atoms with van der Waals surface area (Å²) in [5.41, 5.74) is 2.82. The first-order valence-corrected chi connectivity index (χ1v) is 6.27. The number of ether oxygens (including phenoxy) is 1. The summed E-state index contributed by atoms with van der Waals surface area (Å²) in [6.07, 6.45) is -1.17. The smallest absolute Gasteiger partial charge is 0.409 e. The summed E-state index contributed by atoms with van der Waals surface area (Å²) in [6, 6.07) is 8.74. The lowest BCUT2D eigenvalue weighted by Gasteiger charge is -2.22. The Morgan fingerprint density at radius 3 is 2.40 bits per heavy atom. The molecule has 1 rings (SSSR count). The van der Waals surface area contributed by atoms with Crippen LogP contribution in [0.25, 0.3) is 0 Å². The van der Waals surface area contributed by atoms with Crippen LogP contribution in [0, 0.1) is 5.92 Å². The maximum absolute atomic E-state index is 11.7. The van der Waals surface area contributed by atoms with E-state index in [1.165, 1.54) is 0 Å². The Kier molecular flexibility index (Phi) is 6.31. The molecule has 0 bridgehead atoms. The van der Waals surface area contributed by atoms with Gasteiger partial charge in [-0.15, -0.1) is 0 Å². The van der Waals surface area contributed by atoms with E-state index in [0.29, 0.717) is 0 Å². The van der Waals surface area contributed by atoms with Crippen LogP contribution in [0.5, 0.6) is 0 Å². The molecule has 110 valence electrons. The third kappa shape index (κ3) is 5.57. The van der Waals surface area contributed by atoms with Gasteiger partial charge in [-0.3, -0.25) is 5.43 Å². The fourth-order valence-corrected chi connectivity index (χ4v) is 1.44. The van der Waals surface area contributed by atoms with Crippen LogP contribution in [-0.2, 0) is 11.3 Å². The van der Waals surface area contributed by atoms with Crippen molar-refractivity contribution in [2.75, 3.05) is 0 Å². The van der Waals surface area contributed by atoms with Crippen molar-refractivity contribution >= 4 is 12.1 Å². The third-order valence-electron chi connectivity index (χ3n) is 2.57. The van der Waals surface area contributed by atoms with Gasteiger partial charge in [0.05, 0.1) is 0 Å². The molecule has 3 amide bonds. The molecule has 7 heteroatoms. The number of hydrazine groups is 1. The molecule has 0 aliphatic carbocycles. The zero-order chi connectivity index (χ0) is 15.0. The van der Waals surface area contributed by atoms with E-state index in [-0.39, 0.29) is 12.5 Å². The largest absolute Gasteiger partial charge is 0.445 e. The lowest BCUT2D eigenvalue weighted by molar-refractivity contribution is 0.130. The summed E-state index contributed by atoms with van der Waals surface area (Å²) >= 11 is 0. The minimum Gasteiger partial charge on any atom is -0.445 e. The van der Waals surface area contributed by atoms with Gasteiger partial charge in [-0.05, 0) is 11.5 Å². The molecule has 0 fully saturated rings. The van der Waals surface area contributed by atoms with Crippen molar-refractivity contribution < 1.29 is 14.3 Å². The van der Waals surface area contributed by atoms with Gasteiger partial charge in [-0.1, -0.05) is 44.2 Å². The van der Waals surface area contributed by atoms with Gasteiger partial charge in [-0.25, -0.2) is 15.4 Å². The number of hydrogen-bond donors (Lipinski definition) is 4. The molecule has 1 atom stereocenters. The Morgan fingerprint density at radius 1 is 1.20 bits per heavy atom. The molecule has 0 aliphatic rings. The van der Waals surface area contributed by atoms with Gasteiger partial charge in [0.15, 0.2) is 0 Å². The molecule has 0 aromatic heterocycles. The fraction of sp³-hybridized carbons (Fsp3) is 0.385. The summed E-state index contributed by atoms with van der Waals surface area (Å²) < 4.78 is 5.07. The summed E-state index contributed by atoms with van der Waals surface area (Å²) in [4.78, 5) is 22.8. The van der Waals surface area contributed by atoms with Crippen molar-refractivity contribution in [3.8, 4) is 0 Å². The van der Waals surface area contributed by atoms with E-state index in [4.69, 9.17) is 10.6 Å². The highest BCUT2D eigenvalue weighted by atomic mass is 16.5. The maximum Gasteiger partial charge on any atom is 0.409 e. The molecule has 7 nitrogen and oxygen atoms in total. The van der Waals surface area contributed by atoms with Gasteiger partial charge in [0.2, 0.25) is 0 Å². The van der Waals surface area contributed by atoms with Crippen LogP contribution in [-0.4, -0.2) is 18.3 Å². The van der Waals surface area contributed by atoms with E-state index >= 15 is 0 Å². The van der Waals surface area contributed by atoms with Crippen molar-refractivity contribution in [1.29, 1.82) is 0 Å². The second-order valence-corrected chi connectivity index (χ2v) is 4.55. The number of carbonyl (C=O) groups excluding carboxylic acids is 2. The predicted molar refractivity (Wildman–Crippen MR) is 74.2 cm³/mol. The molecule has 5 N–H and O–H groups in total. The molecular formula is C13H20N4O3. The fourth-order valence-electron chi connectivity index (χ4n) is 1.44. The molecule has 0 saturated heterocycles. The SMILES string of the molecule is CC(C)[C@@H](NC(=O)NN)NC(=O)OCc1ccccc1. The Labute approximate surface area is 117 Å². The van der Waals surface area contributed by atoms with E-state index in [1.807, 2.05) is 49.6 Å². The minimum atomic E-state index is -0.607. The Balaban J connectivity index is 2.44. The summed E-state index contributed by atoms with van der Waals surface area (Å²) in [7, 11) is 0. The topological polar surface area (TPSA) is 105 Å². The number of benzene rings is 1. The van der Waals surface area contributed by atoms with E-state index in [9.17, 15) is 9.59 Å². The highest BCUT2D eigenvalue weighted by molar-refractivity contribution is 5.74. The van der Waals surface area contributed by atoms with Crippen LogP contribution in [0.4, 0.5) is 9.59 Å². The van der Waals surface area contributed by atoms with Crippen molar-refractivity contribution in [3.05, 3.63) is 35.9 Å². The average molecular weight is 280 g/mol. The predicted octanol–water partition coefficient (Wildman–Crippen LogP) is 1.07. The highest BCUT2D eigenvalue weighted by Crippen LogP contribution is 2.02. The number of alkyl carbamates (subject to hydrolysis) is 1. The Hall–Kier alpha value is -2.28. The van der Waals surface area contributed by atoms with Crippen LogP contribution in [0.15, 0.2) is 30.3 Å². The van der Waals surface area contributed by atoms with E-state index in [1.54, 1.807) is 0 Å². The maximum atomic E-state index is 11.7. The molecule has 20 heavy (non-hydrogen) atoms. The second kappa shape index (κ2) is 8.00. The standard InChI is InChI=1S/C13H20N4O3/c1-9(2)11(15-12(18)17-14)16-13(19)20-8-10-6-4-3-5-7-10/h3-7,9,11H,8,14H2,1-2H3,(H,16,19)(H2,15,17,18)/t11-/m0/s1. The van der Waals surface area contributed by atoms with Crippen molar-refractivity contribution in [2.45, 2.75) is 26.6 Å². The first-order valence-electron chi connectivity index (χ1n) is 6.27. The first kappa shape index (κ1) is 15.8. The first-order chi connectivity index (χ1) is 9.52. The molecule has 0 aliphatic heterocycles. The number of nitrogens with one attached hydrogen (secondary N) is 3.